The summed E-state index contributed by atoms with van der Waals surface area (Å²) in [4.78, 5) is 31.7. The molecule has 1 aliphatic heterocycles. The Morgan fingerprint density at radius 3 is 2.96 bits per heavy atom. The first-order chi connectivity index (χ1) is 12.5. The molecule has 1 N–H and O–H groups in total. The van der Waals surface area contributed by atoms with Crippen molar-refractivity contribution in [2.45, 2.75) is 39.0 Å². The van der Waals surface area contributed by atoms with Crippen LogP contribution in [0.15, 0.2) is 22.9 Å². The van der Waals surface area contributed by atoms with Crippen molar-refractivity contribution in [2.75, 3.05) is 19.6 Å². The van der Waals surface area contributed by atoms with Crippen molar-refractivity contribution in [3.05, 3.63) is 38.5 Å². The van der Waals surface area contributed by atoms with Crippen molar-refractivity contribution < 1.29 is 9.59 Å². The van der Waals surface area contributed by atoms with E-state index in [1.165, 1.54) is 11.3 Å². The standard InChI is InChI=1S/C19H25N3O2S2/c1-13(2)17(23)20-8-7-15-12-26-18(21-15)14-5-3-9-22(11-14)19(24)16-6-4-10-25-16/h4,6,10,12-14H,3,5,7-9,11H2,1-2H3,(H,20,23). The lowest BCUT2D eigenvalue weighted by Crippen LogP contribution is -2.38. The van der Waals surface area contributed by atoms with Crippen LogP contribution in [0.5, 0.6) is 0 Å². The minimum absolute atomic E-state index is 0.00935. The van der Waals surface area contributed by atoms with Crippen LogP contribution in [0.1, 0.15) is 53.0 Å². The zero-order valence-corrected chi connectivity index (χ0v) is 16.9. The van der Waals surface area contributed by atoms with Crippen LogP contribution in [-0.4, -0.2) is 41.3 Å². The van der Waals surface area contributed by atoms with Gasteiger partial charge in [0.05, 0.1) is 15.6 Å². The topological polar surface area (TPSA) is 62.3 Å². The lowest BCUT2D eigenvalue weighted by molar-refractivity contribution is -0.123. The third kappa shape index (κ3) is 4.71. The number of rotatable bonds is 6. The molecule has 1 fully saturated rings. The van der Waals surface area contributed by atoms with Crippen molar-refractivity contribution in [3.63, 3.8) is 0 Å². The van der Waals surface area contributed by atoms with E-state index in [4.69, 9.17) is 4.98 Å². The van der Waals surface area contributed by atoms with E-state index in [1.807, 2.05) is 36.3 Å². The van der Waals surface area contributed by atoms with Crippen molar-refractivity contribution in [1.29, 1.82) is 0 Å². The van der Waals surface area contributed by atoms with Gasteiger partial charge in [0.1, 0.15) is 0 Å². The fraction of sp³-hybridized carbons (Fsp3) is 0.526. The lowest BCUT2D eigenvalue weighted by atomic mass is 9.98. The zero-order chi connectivity index (χ0) is 18.5. The molecule has 2 amide bonds. The maximum Gasteiger partial charge on any atom is 0.263 e. The summed E-state index contributed by atoms with van der Waals surface area (Å²) in [6, 6.07) is 3.81. The van der Waals surface area contributed by atoms with E-state index in [0.717, 1.165) is 47.9 Å². The number of nitrogens with zero attached hydrogens (tertiary/aromatic N) is 2. The second kappa shape index (κ2) is 8.77. The molecule has 0 bridgehead atoms. The molecular formula is C19H25N3O2S2. The highest BCUT2D eigenvalue weighted by Gasteiger charge is 2.27. The molecule has 0 spiro atoms. The number of aromatic nitrogens is 1. The van der Waals surface area contributed by atoms with E-state index in [-0.39, 0.29) is 17.7 Å². The number of piperidine rings is 1. The highest BCUT2D eigenvalue weighted by atomic mass is 32.1. The zero-order valence-electron chi connectivity index (χ0n) is 15.2. The second-order valence-corrected chi connectivity index (χ2v) is 8.78. The van der Waals surface area contributed by atoms with E-state index in [2.05, 4.69) is 10.7 Å². The van der Waals surface area contributed by atoms with Gasteiger partial charge in [0.25, 0.3) is 5.91 Å². The van der Waals surface area contributed by atoms with E-state index >= 15 is 0 Å². The molecule has 1 atom stereocenters. The molecule has 1 saturated heterocycles. The number of likely N-dealkylation sites (tertiary alicyclic amines) is 1. The van der Waals surface area contributed by atoms with Crippen LogP contribution < -0.4 is 5.32 Å². The molecule has 1 aliphatic rings. The summed E-state index contributed by atoms with van der Waals surface area (Å²) in [5.74, 6) is 0.542. The number of amides is 2. The Balaban J connectivity index is 1.55. The molecule has 0 radical (unpaired) electrons. The Labute approximate surface area is 162 Å². The number of carbonyl (C=O) groups is 2. The fourth-order valence-electron chi connectivity index (χ4n) is 3.06. The Bertz CT molecular complexity index is 740. The Morgan fingerprint density at radius 1 is 1.38 bits per heavy atom. The van der Waals surface area contributed by atoms with Gasteiger partial charge in [-0.3, -0.25) is 9.59 Å². The van der Waals surface area contributed by atoms with Crippen LogP contribution in [0.4, 0.5) is 0 Å². The van der Waals surface area contributed by atoms with Crippen molar-refractivity contribution >= 4 is 34.5 Å². The van der Waals surface area contributed by atoms with Crippen molar-refractivity contribution in [2.24, 2.45) is 5.92 Å². The quantitative estimate of drug-likeness (QED) is 0.819. The molecule has 0 aliphatic carbocycles. The van der Waals surface area contributed by atoms with Crippen LogP contribution in [0, 0.1) is 5.92 Å². The van der Waals surface area contributed by atoms with Crippen molar-refractivity contribution in [1.82, 2.24) is 15.2 Å². The van der Waals surface area contributed by atoms with Gasteiger partial charge in [0, 0.05) is 43.3 Å². The highest BCUT2D eigenvalue weighted by molar-refractivity contribution is 7.12. The number of thiazole rings is 1. The summed E-state index contributed by atoms with van der Waals surface area (Å²) in [6.45, 7) is 5.97. The summed E-state index contributed by atoms with van der Waals surface area (Å²) in [6.07, 6.45) is 2.84. The monoisotopic (exact) mass is 391 g/mol. The molecule has 26 heavy (non-hydrogen) atoms. The minimum atomic E-state index is 0.00935. The summed E-state index contributed by atoms with van der Waals surface area (Å²) in [7, 11) is 0. The predicted octanol–water partition coefficient (Wildman–Crippen LogP) is 3.54. The van der Waals surface area contributed by atoms with Crippen LogP contribution in [0.2, 0.25) is 0 Å². The summed E-state index contributed by atoms with van der Waals surface area (Å²) < 4.78 is 0. The first-order valence-electron chi connectivity index (χ1n) is 9.09. The third-order valence-corrected chi connectivity index (χ3v) is 6.48. The molecule has 3 heterocycles. The normalized spacial score (nSPS) is 17.5. The highest BCUT2D eigenvalue weighted by Crippen LogP contribution is 2.30. The third-order valence-electron chi connectivity index (χ3n) is 4.56. The summed E-state index contributed by atoms with van der Waals surface area (Å²) in [5, 5.41) is 8.07. The van der Waals surface area contributed by atoms with Gasteiger partial charge in [-0.05, 0) is 24.3 Å². The molecule has 0 aromatic carbocycles. The first kappa shape index (κ1) is 19.0. The Kier molecular flexibility index (Phi) is 6.43. The van der Waals surface area contributed by atoms with Gasteiger partial charge in [-0.2, -0.15) is 0 Å². The number of carbonyl (C=O) groups excluding carboxylic acids is 2. The smallest absolute Gasteiger partial charge is 0.263 e. The van der Waals surface area contributed by atoms with Crippen LogP contribution in [-0.2, 0) is 11.2 Å². The number of nitrogens with one attached hydrogen (secondary N) is 1. The van der Waals surface area contributed by atoms with Gasteiger partial charge >= 0.3 is 0 Å². The minimum Gasteiger partial charge on any atom is -0.355 e. The van der Waals surface area contributed by atoms with E-state index in [9.17, 15) is 9.59 Å². The first-order valence-corrected chi connectivity index (χ1v) is 10.9. The van der Waals surface area contributed by atoms with Gasteiger partial charge in [0.2, 0.25) is 5.91 Å². The molecular weight excluding hydrogens is 366 g/mol. The number of hydrogen-bond donors (Lipinski definition) is 1. The van der Waals surface area contributed by atoms with E-state index in [0.29, 0.717) is 12.5 Å². The SMILES string of the molecule is CC(C)C(=O)NCCc1csc(C2CCCN(C(=O)c3cccs3)C2)n1. The average Bonchev–Trinajstić information content (AvgIpc) is 3.33. The van der Waals surface area contributed by atoms with E-state index in [1.54, 1.807) is 11.3 Å². The van der Waals surface area contributed by atoms with Crippen LogP contribution in [0.25, 0.3) is 0 Å². The Hall–Kier alpha value is -1.73. The molecule has 3 rings (SSSR count). The fourth-order valence-corrected chi connectivity index (χ4v) is 4.74. The maximum atomic E-state index is 12.6. The van der Waals surface area contributed by atoms with E-state index < -0.39 is 0 Å². The molecule has 5 nitrogen and oxygen atoms in total. The molecule has 1 unspecified atom stereocenters. The second-order valence-electron chi connectivity index (χ2n) is 6.94. The summed E-state index contributed by atoms with van der Waals surface area (Å²) in [5.41, 5.74) is 1.02. The lowest BCUT2D eigenvalue weighted by Gasteiger charge is -2.31. The van der Waals surface area contributed by atoms with Crippen molar-refractivity contribution in [3.8, 4) is 0 Å². The number of hydrogen-bond acceptors (Lipinski definition) is 5. The van der Waals surface area contributed by atoms with Gasteiger partial charge in [-0.15, -0.1) is 22.7 Å². The van der Waals surface area contributed by atoms with Crippen LogP contribution >= 0.6 is 22.7 Å². The molecule has 2 aromatic rings. The van der Waals surface area contributed by atoms with Gasteiger partial charge in [-0.1, -0.05) is 19.9 Å². The molecule has 2 aromatic heterocycles. The maximum absolute atomic E-state index is 12.6. The molecule has 140 valence electrons. The van der Waals surface area contributed by atoms with Crippen LogP contribution in [0.3, 0.4) is 0 Å². The average molecular weight is 392 g/mol. The van der Waals surface area contributed by atoms with Gasteiger partial charge in [0.15, 0.2) is 0 Å². The van der Waals surface area contributed by atoms with Gasteiger partial charge < -0.3 is 10.2 Å². The molecule has 7 heteroatoms. The Morgan fingerprint density at radius 2 is 2.23 bits per heavy atom. The predicted molar refractivity (Wildman–Crippen MR) is 106 cm³/mol. The number of thiophene rings is 1. The molecule has 0 saturated carbocycles. The van der Waals surface area contributed by atoms with Gasteiger partial charge in [-0.25, -0.2) is 4.98 Å². The largest absolute Gasteiger partial charge is 0.355 e. The summed E-state index contributed by atoms with van der Waals surface area (Å²) >= 11 is 3.17.